The van der Waals surface area contributed by atoms with Gasteiger partial charge in [0, 0.05) is 24.0 Å². The normalized spacial score (nSPS) is 24.4. The standard InChI is InChI=1S/C14H23BrN2O2S2/c1-4-16-8-12-7-13(14(15)20-12)21(18,19)17-9-10(2)5-6-11(17)3/h7,10-11,16H,4-6,8-9H2,1-3H3. The number of nitrogens with one attached hydrogen (secondary N) is 1. The summed E-state index contributed by atoms with van der Waals surface area (Å²) in [6.07, 6.45) is 2.04. The van der Waals surface area contributed by atoms with Gasteiger partial charge in [-0.1, -0.05) is 13.8 Å². The van der Waals surface area contributed by atoms with Crippen molar-refractivity contribution in [2.24, 2.45) is 5.92 Å². The van der Waals surface area contributed by atoms with E-state index in [1.165, 1.54) is 11.3 Å². The van der Waals surface area contributed by atoms with Crippen LogP contribution >= 0.6 is 27.3 Å². The molecular weight excluding hydrogens is 372 g/mol. The van der Waals surface area contributed by atoms with Gasteiger partial charge in [-0.15, -0.1) is 11.3 Å². The second-order valence-electron chi connectivity index (χ2n) is 5.74. The summed E-state index contributed by atoms with van der Waals surface area (Å²) < 4.78 is 28.2. The van der Waals surface area contributed by atoms with E-state index >= 15 is 0 Å². The molecule has 1 aliphatic heterocycles. The van der Waals surface area contributed by atoms with Crippen LogP contribution < -0.4 is 5.32 Å². The summed E-state index contributed by atoms with van der Waals surface area (Å²) in [5.41, 5.74) is 0. The van der Waals surface area contributed by atoms with Gasteiger partial charge in [-0.3, -0.25) is 0 Å². The number of rotatable bonds is 5. The average Bonchev–Trinajstić information content (AvgIpc) is 2.81. The van der Waals surface area contributed by atoms with Crippen LogP contribution in [-0.4, -0.2) is 31.9 Å². The summed E-state index contributed by atoms with van der Waals surface area (Å²) in [4.78, 5) is 1.46. The van der Waals surface area contributed by atoms with Crippen LogP contribution in [0.25, 0.3) is 0 Å². The van der Waals surface area contributed by atoms with E-state index in [2.05, 4.69) is 28.2 Å². The van der Waals surface area contributed by atoms with Gasteiger partial charge in [0.1, 0.15) is 4.90 Å². The van der Waals surface area contributed by atoms with E-state index in [0.717, 1.165) is 24.3 Å². The first kappa shape index (κ1) is 17.4. The molecule has 1 aliphatic rings. The molecule has 0 aromatic carbocycles. The molecule has 0 aliphatic carbocycles. The zero-order chi connectivity index (χ0) is 15.6. The number of halogens is 1. The number of sulfonamides is 1. The zero-order valence-corrected chi connectivity index (χ0v) is 15.9. The monoisotopic (exact) mass is 394 g/mol. The van der Waals surface area contributed by atoms with E-state index < -0.39 is 10.0 Å². The van der Waals surface area contributed by atoms with Gasteiger partial charge in [0.05, 0.1) is 3.79 Å². The second-order valence-corrected chi connectivity index (χ2v) is 10.1. The van der Waals surface area contributed by atoms with Gasteiger partial charge in [-0.05, 0) is 54.2 Å². The molecule has 120 valence electrons. The Bertz CT molecular complexity index is 586. The Morgan fingerprint density at radius 1 is 1.43 bits per heavy atom. The molecule has 2 rings (SSSR count). The molecule has 1 aromatic heterocycles. The maximum atomic E-state index is 12.9. The highest BCUT2D eigenvalue weighted by atomic mass is 79.9. The Hall–Kier alpha value is 0.0500. The number of hydrogen-bond donors (Lipinski definition) is 1. The van der Waals surface area contributed by atoms with Crippen molar-refractivity contribution in [3.8, 4) is 0 Å². The highest BCUT2D eigenvalue weighted by molar-refractivity contribution is 9.11. The van der Waals surface area contributed by atoms with Crippen LogP contribution in [0.4, 0.5) is 0 Å². The molecular formula is C14H23BrN2O2S2. The second kappa shape index (κ2) is 7.08. The fraction of sp³-hybridized carbons (Fsp3) is 0.714. The molecule has 2 heterocycles. The molecule has 0 amide bonds. The fourth-order valence-electron chi connectivity index (χ4n) is 2.62. The third kappa shape index (κ3) is 3.88. The first-order valence-corrected chi connectivity index (χ1v) is 10.4. The summed E-state index contributed by atoms with van der Waals surface area (Å²) in [6, 6.07) is 1.88. The van der Waals surface area contributed by atoms with Crippen LogP contribution in [-0.2, 0) is 16.6 Å². The number of nitrogens with zero attached hydrogens (tertiary/aromatic N) is 1. The summed E-state index contributed by atoms with van der Waals surface area (Å²) >= 11 is 4.93. The molecule has 1 aromatic rings. The molecule has 0 spiro atoms. The lowest BCUT2D eigenvalue weighted by Gasteiger charge is -2.35. The summed E-state index contributed by atoms with van der Waals surface area (Å²) in [6.45, 7) is 8.36. The zero-order valence-electron chi connectivity index (χ0n) is 12.7. The molecule has 1 saturated heterocycles. The number of piperidine rings is 1. The van der Waals surface area contributed by atoms with Crippen LogP contribution in [0.15, 0.2) is 14.7 Å². The minimum absolute atomic E-state index is 0.0789. The van der Waals surface area contributed by atoms with Gasteiger partial charge in [-0.2, -0.15) is 4.31 Å². The van der Waals surface area contributed by atoms with Crippen LogP contribution in [0.1, 0.15) is 38.5 Å². The third-order valence-corrected chi connectivity index (χ3v) is 8.14. The van der Waals surface area contributed by atoms with Crippen LogP contribution in [0.2, 0.25) is 0 Å². The Balaban J connectivity index is 2.28. The fourth-order valence-corrected chi connectivity index (χ4v) is 7.00. The van der Waals surface area contributed by atoms with E-state index in [1.807, 2.05) is 13.8 Å². The molecule has 4 nitrogen and oxygen atoms in total. The number of thiophene rings is 1. The van der Waals surface area contributed by atoms with Crippen LogP contribution in [0.3, 0.4) is 0 Å². The SMILES string of the molecule is CCNCc1cc(S(=O)(=O)N2CC(C)CCC2C)c(Br)s1. The van der Waals surface area contributed by atoms with Crippen molar-refractivity contribution in [3.63, 3.8) is 0 Å². The van der Waals surface area contributed by atoms with Crippen molar-refractivity contribution in [1.82, 2.24) is 9.62 Å². The summed E-state index contributed by atoms with van der Waals surface area (Å²) in [5.74, 6) is 0.426. The highest BCUT2D eigenvalue weighted by Crippen LogP contribution is 2.36. The Morgan fingerprint density at radius 3 is 2.81 bits per heavy atom. The Kier molecular flexibility index (Phi) is 5.87. The third-order valence-electron chi connectivity index (χ3n) is 3.90. The van der Waals surface area contributed by atoms with Crippen molar-refractivity contribution < 1.29 is 8.42 Å². The van der Waals surface area contributed by atoms with E-state index in [4.69, 9.17) is 0 Å². The van der Waals surface area contributed by atoms with Crippen LogP contribution in [0, 0.1) is 5.92 Å². The molecule has 2 atom stereocenters. The first-order valence-electron chi connectivity index (χ1n) is 7.37. The Labute approximate surface area is 140 Å². The quantitative estimate of drug-likeness (QED) is 0.831. The minimum atomic E-state index is -3.41. The van der Waals surface area contributed by atoms with E-state index in [-0.39, 0.29) is 6.04 Å². The maximum Gasteiger partial charge on any atom is 0.245 e. The van der Waals surface area contributed by atoms with E-state index in [0.29, 0.717) is 27.7 Å². The molecule has 2 unspecified atom stereocenters. The maximum absolute atomic E-state index is 12.9. The minimum Gasteiger partial charge on any atom is -0.312 e. The highest BCUT2D eigenvalue weighted by Gasteiger charge is 2.35. The van der Waals surface area contributed by atoms with Crippen LogP contribution in [0.5, 0.6) is 0 Å². The van der Waals surface area contributed by atoms with Gasteiger partial charge in [0.15, 0.2) is 0 Å². The lowest BCUT2D eigenvalue weighted by Crippen LogP contribution is -2.44. The van der Waals surface area contributed by atoms with Crippen molar-refractivity contribution in [2.45, 2.75) is 51.1 Å². The van der Waals surface area contributed by atoms with Gasteiger partial charge < -0.3 is 5.32 Å². The lowest BCUT2D eigenvalue weighted by atomic mass is 9.97. The molecule has 0 saturated carbocycles. The lowest BCUT2D eigenvalue weighted by molar-refractivity contribution is 0.218. The predicted molar refractivity (Wildman–Crippen MR) is 91.2 cm³/mol. The largest absolute Gasteiger partial charge is 0.312 e. The molecule has 7 heteroatoms. The van der Waals surface area contributed by atoms with Gasteiger partial charge in [0.25, 0.3) is 0 Å². The number of hydrogen-bond acceptors (Lipinski definition) is 4. The summed E-state index contributed by atoms with van der Waals surface area (Å²) in [7, 11) is -3.41. The van der Waals surface area contributed by atoms with E-state index in [1.54, 1.807) is 10.4 Å². The van der Waals surface area contributed by atoms with Crippen molar-refractivity contribution in [3.05, 3.63) is 14.7 Å². The van der Waals surface area contributed by atoms with Crippen molar-refractivity contribution in [2.75, 3.05) is 13.1 Å². The topological polar surface area (TPSA) is 49.4 Å². The molecule has 0 radical (unpaired) electrons. The summed E-state index contributed by atoms with van der Waals surface area (Å²) in [5, 5.41) is 3.23. The van der Waals surface area contributed by atoms with Crippen molar-refractivity contribution in [1.29, 1.82) is 0 Å². The van der Waals surface area contributed by atoms with Crippen molar-refractivity contribution >= 4 is 37.3 Å². The molecule has 21 heavy (non-hydrogen) atoms. The smallest absolute Gasteiger partial charge is 0.245 e. The molecule has 0 bridgehead atoms. The average molecular weight is 395 g/mol. The van der Waals surface area contributed by atoms with Gasteiger partial charge >= 0.3 is 0 Å². The molecule has 1 fully saturated rings. The Morgan fingerprint density at radius 2 is 2.14 bits per heavy atom. The predicted octanol–water partition coefficient (Wildman–Crippen LogP) is 3.43. The van der Waals surface area contributed by atoms with Gasteiger partial charge in [-0.25, -0.2) is 8.42 Å². The van der Waals surface area contributed by atoms with E-state index in [9.17, 15) is 8.42 Å². The first-order chi connectivity index (χ1) is 9.86. The van der Waals surface area contributed by atoms with Gasteiger partial charge in [0.2, 0.25) is 10.0 Å². The molecule has 1 N–H and O–H groups in total.